The number of rotatable bonds is 7. The number of esters is 1. The second-order valence-electron chi connectivity index (χ2n) is 7.55. The summed E-state index contributed by atoms with van der Waals surface area (Å²) in [5.41, 5.74) is 2.99. The molecular formula is C20H27N5O3S. The topological polar surface area (TPSA) is 99.0 Å². The van der Waals surface area contributed by atoms with E-state index < -0.39 is 5.97 Å². The lowest BCUT2D eigenvalue weighted by Gasteiger charge is -2.29. The lowest BCUT2D eigenvalue weighted by Crippen LogP contribution is -2.43. The van der Waals surface area contributed by atoms with Gasteiger partial charge in [0.15, 0.2) is 6.61 Å². The average molecular weight is 418 g/mol. The van der Waals surface area contributed by atoms with Gasteiger partial charge in [0.25, 0.3) is 5.91 Å². The molecule has 1 aliphatic rings. The van der Waals surface area contributed by atoms with E-state index in [1.807, 2.05) is 32.0 Å². The second-order valence-corrected chi connectivity index (χ2v) is 8.49. The van der Waals surface area contributed by atoms with Crippen molar-refractivity contribution in [2.45, 2.75) is 57.7 Å². The molecule has 1 heterocycles. The van der Waals surface area contributed by atoms with E-state index in [0.29, 0.717) is 11.1 Å². The number of benzene rings is 1. The van der Waals surface area contributed by atoms with E-state index in [0.717, 1.165) is 36.1 Å². The molecule has 156 valence electrons. The van der Waals surface area contributed by atoms with Gasteiger partial charge in [-0.2, -0.15) is 4.68 Å². The first-order chi connectivity index (χ1) is 13.9. The Morgan fingerprint density at radius 1 is 1.28 bits per heavy atom. The predicted molar refractivity (Wildman–Crippen MR) is 110 cm³/mol. The third-order valence-corrected chi connectivity index (χ3v) is 6.07. The fraction of sp³-hybridized carbons (Fsp3) is 0.550. The van der Waals surface area contributed by atoms with Crippen LogP contribution in [0.2, 0.25) is 0 Å². The summed E-state index contributed by atoms with van der Waals surface area (Å²) in [6.07, 6.45) is 4.44. The molecule has 8 nitrogen and oxygen atoms in total. The number of aromatic nitrogens is 4. The monoisotopic (exact) mass is 417 g/mol. The summed E-state index contributed by atoms with van der Waals surface area (Å²) in [5.74, 6) is -0.235. The lowest BCUT2D eigenvalue weighted by molar-refractivity contribution is -0.146. The first-order valence-corrected chi connectivity index (χ1v) is 10.9. The first-order valence-electron chi connectivity index (χ1n) is 9.88. The third kappa shape index (κ3) is 5.79. The number of thioether (sulfide) groups is 1. The van der Waals surface area contributed by atoms with Crippen molar-refractivity contribution in [3.05, 3.63) is 29.3 Å². The molecule has 29 heavy (non-hydrogen) atoms. The molecule has 1 N–H and O–H groups in total. The van der Waals surface area contributed by atoms with E-state index in [1.54, 1.807) is 4.68 Å². The van der Waals surface area contributed by atoms with Crippen molar-refractivity contribution in [3.8, 4) is 5.69 Å². The van der Waals surface area contributed by atoms with Crippen molar-refractivity contribution >= 4 is 23.6 Å². The Bertz CT molecular complexity index is 870. The Kier molecular flexibility index (Phi) is 7.24. The molecule has 1 fully saturated rings. The van der Waals surface area contributed by atoms with Crippen LogP contribution in [0.4, 0.5) is 0 Å². The summed E-state index contributed by atoms with van der Waals surface area (Å²) < 4.78 is 6.73. The van der Waals surface area contributed by atoms with Crippen molar-refractivity contribution < 1.29 is 14.3 Å². The zero-order valence-electron chi connectivity index (χ0n) is 17.1. The molecule has 3 rings (SSSR count). The van der Waals surface area contributed by atoms with Gasteiger partial charge in [0.2, 0.25) is 5.16 Å². The van der Waals surface area contributed by atoms with Gasteiger partial charge in [0, 0.05) is 6.04 Å². The number of aryl methyl sites for hydroxylation is 2. The summed E-state index contributed by atoms with van der Waals surface area (Å²) in [7, 11) is 0. The highest BCUT2D eigenvalue weighted by molar-refractivity contribution is 7.99. The van der Waals surface area contributed by atoms with Crippen LogP contribution in [0.5, 0.6) is 0 Å². The number of ether oxygens (including phenoxy) is 1. The molecule has 0 unspecified atom stereocenters. The van der Waals surface area contributed by atoms with E-state index in [9.17, 15) is 9.59 Å². The SMILES string of the molecule is Cc1ccc(C)c(-n2nnnc2SCC(=O)OCC(=O)N[C@@H]2CCCC[C@@H]2C)c1. The number of carbonyl (C=O) groups is 2. The van der Waals surface area contributed by atoms with Crippen molar-refractivity contribution in [2.24, 2.45) is 5.92 Å². The quantitative estimate of drug-likeness (QED) is 0.546. The zero-order valence-corrected chi connectivity index (χ0v) is 17.9. The van der Waals surface area contributed by atoms with Crippen molar-refractivity contribution in [3.63, 3.8) is 0 Å². The fourth-order valence-electron chi connectivity index (χ4n) is 3.46. The molecule has 1 aromatic heterocycles. The van der Waals surface area contributed by atoms with Crippen LogP contribution in [0, 0.1) is 19.8 Å². The second kappa shape index (κ2) is 9.87. The highest BCUT2D eigenvalue weighted by Crippen LogP contribution is 2.24. The number of nitrogens with zero attached hydrogens (tertiary/aromatic N) is 4. The van der Waals surface area contributed by atoms with Gasteiger partial charge >= 0.3 is 5.97 Å². The van der Waals surface area contributed by atoms with E-state index in [4.69, 9.17) is 4.74 Å². The van der Waals surface area contributed by atoms with Crippen molar-refractivity contribution in [1.29, 1.82) is 0 Å². The maximum Gasteiger partial charge on any atom is 0.316 e. The van der Waals surface area contributed by atoms with Gasteiger partial charge in [0.05, 0.1) is 11.4 Å². The molecule has 0 aliphatic heterocycles. The van der Waals surface area contributed by atoms with Crippen LogP contribution in [0.25, 0.3) is 5.69 Å². The molecule has 1 aliphatic carbocycles. The zero-order chi connectivity index (χ0) is 20.8. The maximum absolute atomic E-state index is 12.1. The van der Waals surface area contributed by atoms with E-state index in [1.165, 1.54) is 18.2 Å². The molecule has 1 aromatic carbocycles. The molecule has 9 heteroatoms. The summed E-state index contributed by atoms with van der Waals surface area (Å²) in [4.78, 5) is 24.1. The largest absolute Gasteiger partial charge is 0.455 e. The van der Waals surface area contributed by atoms with Crippen LogP contribution in [-0.2, 0) is 14.3 Å². The fourth-order valence-corrected chi connectivity index (χ4v) is 4.14. The first kappa shape index (κ1) is 21.3. The molecule has 2 aromatic rings. The molecule has 2 atom stereocenters. The standard InChI is InChI=1S/C20H27N5O3S/c1-13-8-9-15(3)17(10-13)25-20(22-23-24-25)29-12-19(27)28-11-18(26)21-16-7-5-4-6-14(16)2/h8-10,14,16H,4-7,11-12H2,1-3H3,(H,21,26)/t14-,16+/m0/s1. The van der Waals surface area contributed by atoms with Crippen molar-refractivity contribution in [2.75, 3.05) is 12.4 Å². The highest BCUT2D eigenvalue weighted by atomic mass is 32.2. The molecule has 0 spiro atoms. The Balaban J connectivity index is 1.48. The molecule has 1 amide bonds. The molecule has 1 saturated carbocycles. The van der Waals surface area contributed by atoms with Gasteiger partial charge in [-0.05, 0) is 60.2 Å². The molecular weight excluding hydrogens is 390 g/mol. The maximum atomic E-state index is 12.1. The number of tetrazole rings is 1. The Hall–Kier alpha value is -2.42. The summed E-state index contributed by atoms with van der Waals surface area (Å²) >= 11 is 1.18. The van der Waals surface area contributed by atoms with Crippen molar-refractivity contribution in [1.82, 2.24) is 25.5 Å². The van der Waals surface area contributed by atoms with Gasteiger partial charge in [-0.1, -0.05) is 43.7 Å². The predicted octanol–water partition coefficient (Wildman–Crippen LogP) is 2.61. The smallest absolute Gasteiger partial charge is 0.316 e. The van der Waals surface area contributed by atoms with E-state index in [-0.39, 0.29) is 24.3 Å². The van der Waals surface area contributed by atoms with Crippen LogP contribution in [0.1, 0.15) is 43.7 Å². The van der Waals surface area contributed by atoms with Crippen LogP contribution >= 0.6 is 11.8 Å². The van der Waals surface area contributed by atoms with E-state index >= 15 is 0 Å². The van der Waals surface area contributed by atoms with Crippen LogP contribution in [-0.4, -0.2) is 50.5 Å². The average Bonchev–Trinajstić information content (AvgIpc) is 3.17. The van der Waals surface area contributed by atoms with Gasteiger partial charge in [0.1, 0.15) is 0 Å². The number of carbonyl (C=O) groups excluding carboxylic acids is 2. The molecule has 0 bridgehead atoms. The normalized spacial score (nSPS) is 19.0. The minimum Gasteiger partial charge on any atom is -0.455 e. The molecule has 0 radical (unpaired) electrons. The Morgan fingerprint density at radius 3 is 2.86 bits per heavy atom. The summed E-state index contributed by atoms with van der Waals surface area (Å²) in [5, 5.41) is 15.2. The minimum absolute atomic E-state index is 0.0261. The third-order valence-electron chi connectivity index (χ3n) is 5.17. The Morgan fingerprint density at radius 2 is 2.07 bits per heavy atom. The number of nitrogens with one attached hydrogen (secondary N) is 1. The van der Waals surface area contributed by atoms with Gasteiger partial charge < -0.3 is 10.1 Å². The minimum atomic E-state index is -0.475. The van der Waals surface area contributed by atoms with Gasteiger partial charge in [-0.25, -0.2) is 0 Å². The molecule has 0 saturated heterocycles. The number of hydrogen-bond acceptors (Lipinski definition) is 7. The summed E-state index contributed by atoms with van der Waals surface area (Å²) in [6.45, 7) is 5.86. The van der Waals surface area contributed by atoms with Crippen LogP contribution in [0.15, 0.2) is 23.4 Å². The van der Waals surface area contributed by atoms with Gasteiger partial charge in [-0.15, -0.1) is 5.10 Å². The number of hydrogen-bond donors (Lipinski definition) is 1. The van der Waals surface area contributed by atoms with E-state index in [2.05, 4.69) is 27.8 Å². The van der Waals surface area contributed by atoms with Crippen LogP contribution in [0.3, 0.4) is 0 Å². The number of amides is 1. The lowest BCUT2D eigenvalue weighted by atomic mass is 9.86. The summed E-state index contributed by atoms with van der Waals surface area (Å²) in [6, 6.07) is 6.18. The van der Waals surface area contributed by atoms with Crippen LogP contribution < -0.4 is 5.32 Å². The Labute approximate surface area is 174 Å². The highest BCUT2D eigenvalue weighted by Gasteiger charge is 2.23. The van der Waals surface area contributed by atoms with Gasteiger partial charge in [-0.3, -0.25) is 9.59 Å².